The highest BCUT2D eigenvalue weighted by Crippen LogP contribution is 2.11. The van der Waals surface area contributed by atoms with Crippen molar-refractivity contribution in [1.29, 1.82) is 0 Å². The summed E-state index contributed by atoms with van der Waals surface area (Å²) >= 11 is 0. The molecule has 0 aliphatic carbocycles. The predicted octanol–water partition coefficient (Wildman–Crippen LogP) is 0.606. The van der Waals surface area contributed by atoms with E-state index in [2.05, 4.69) is 5.32 Å². The third-order valence-electron chi connectivity index (χ3n) is 1.90. The van der Waals surface area contributed by atoms with Gasteiger partial charge < -0.3 is 15.5 Å². The minimum atomic E-state index is -1.09. The number of aromatic carboxylic acids is 1. The van der Waals surface area contributed by atoms with Crippen molar-refractivity contribution >= 4 is 5.97 Å². The zero-order chi connectivity index (χ0) is 11.3. The van der Waals surface area contributed by atoms with E-state index >= 15 is 0 Å². The summed E-state index contributed by atoms with van der Waals surface area (Å²) in [6.45, 7) is 0.521. The molecule has 0 saturated carbocycles. The van der Waals surface area contributed by atoms with Crippen molar-refractivity contribution in [2.75, 3.05) is 13.2 Å². The van der Waals surface area contributed by atoms with Crippen molar-refractivity contribution in [2.45, 2.75) is 6.54 Å². The second-order valence-corrected chi connectivity index (χ2v) is 3.01. The van der Waals surface area contributed by atoms with Gasteiger partial charge in [0.15, 0.2) is 0 Å². The molecule has 0 aliphatic rings. The average Bonchev–Trinajstić information content (AvgIpc) is 2.18. The lowest BCUT2D eigenvalue weighted by Crippen LogP contribution is -2.19. The first-order chi connectivity index (χ1) is 7.15. The van der Waals surface area contributed by atoms with Crippen LogP contribution in [0.3, 0.4) is 0 Å². The van der Waals surface area contributed by atoms with E-state index in [9.17, 15) is 9.18 Å². The van der Waals surface area contributed by atoms with Crippen LogP contribution in [-0.4, -0.2) is 29.3 Å². The monoisotopic (exact) mass is 213 g/mol. The Bertz CT molecular complexity index is 355. The van der Waals surface area contributed by atoms with E-state index in [1.807, 2.05) is 0 Å². The Morgan fingerprint density at radius 1 is 1.47 bits per heavy atom. The van der Waals surface area contributed by atoms with Crippen molar-refractivity contribution < 1.29 is 19.4 Å². The summed E-state index contributed by atoms with van der Waals surface area (Å²) < 4.78 is 12.8. The summed E-state index contributed by atoms with van der Waals surface area (Å²) in [7, 11) is 0. The van der Waals surface area contributed by atoms with E-state index in [4.69, 9.17) is 10.2 Å². The van der Waals surface area contributed by atoms with Gasteiger partial charge in [-0.05, 0) is 23.8 Å². The van der Waals surface area contributed by atoms with Crippen molar-refractivity contribution in [3.63, 3.8) is 0 Å². The maximum Gasteiger partial charge on any atom is 0.336 e. The Morgan fingerprint density at radius 2 is 2.20 bits per heavy atom. The number of halogens is 1. The van der Waals surface area contributed by atoms with Gasteiger partial charge in [-0.15, -0.1) is 0 Å². The third kappa shape index (κ3) is 3.30. The number of carboxylic acids is 1. The molecule has 82 valence electrons. The first-order valence-electron chi connectivity index (χ1n) is 4.48. The molecule has 15 heavy (non-hydrogen) atoms. The quantitative estimate of drug-likeness (QED) is 0.627. The summed E-state index contributed by atoms with van der Waals surface area (Å²) in [5, 5.41) is 20.1. The van der Waals surface area contributed by atoms with Crippen LogP contribution in [0, 0.1) is 5.82 Å². The van der Waals surface area contributed by atoms with Crippen LogP contribution < -0.4 is 5.32 Å². The Kier molecular flexibility index (Phi) is 4.20. The largest absolute Gasteiger partial charge is 0.478 e. The molecular weight excluding hydrogens is 201 g/mol. The van der Waals surface area contributed by atoms with Crippen molar-refractivity contribution in [3.8, 4) is 0 Å². The molecule has 0 heterocycles. The Hall–Kier alpha value is -1.46. The fourth-order valence-corrected chi connectivity index (χ4v) is 1.22. The normalized spacial score (nSPS) is 10.3. The molecule has 0 atom stereocenters. The zero-order valence-corrected chi connectivity index (χ0v) is 8.03. The van der Waals surface area contributed by atoms with Crippen molar-refractivity contribution in [3.05, 3.63) is 35.1 Å². The van der Waals surface area contributed by atoms with Gasteiger partial charge in [-0.1, -0.05) is 0 Å². The number of carbonyl (C=O) groups is 1. The minimum absolute atomic E-state index is 0.0439. The average molecular weight is 213 g/mol. The summed E-state index contributed by atoms with van der Waals surface area (Å²) in [5.41, 5.74) is 0.442. The number of nitrogens with one attached hydrogen (secondary N) is 1. The molecule has 0 amide bonds. The molecule has 5 heteroatoms. The lowest BCUT2D eigenvalue weighted by molar-refractivity contribution is 0.0695. The van der Waals surface area contributed by atoms with Gasteiger partial charge in [0.25, 0.3) is 0 Å². The van der Waals surface area contributed by atoms with Crippen molar-refractivity contribution in [1.82, 2.24) is 5.32 Å². The standard InChI is InChI=1S/C10H12FNO3/c11-8-1-2-9(10(14)15)7(5-8)6-12-3-4-13/h1-2,5,12-13H,3-4,6H2,(H,14,15). The first kappa shape index (κ1) is 11.6. The highest BCUT2D eigenvalue weighted by molar-refractivity contribution is 5.89. The highest BCUT2D eigenvalue weighted by atomic mass is 19.1. The number of benzene rings is 1. The van der Waals surface area contributed by atoms with Crippen LogP contribution >= 0.6 is 0 Å². The highest BCUT2D eigenvalue weighted by Gasteiger charge is 2.10. The molecule has 0 aliphatic heterocycles. The van der Waals surface area contributed by atoms with Gasteiger partial charge in [-0.2, -0.15) is 0 Å². The molecule has 0 spiro atoms. The molecule has 0 saturated heterocycles. The molecule has 0 unspecified atom stereocenters. The molecule has 3 N–H and O–H groups in total. The van der Waals surface area contributed by atoms with Gasteiger partial charge in [0.1, 0.15) is 5.82 Å². The van der Waals surface area contributed by atoms with Crippen LogP contribution in [0.1, 0.15) is 15.9 Å². The number of hydrogen-bond donors (Lipinski definition) is 3. The molecule has 0 bridgehead atoms. The van der Waals surface area contributed by atoms with Crippen LogP contribution in [-0.2, 0) is 6.54 Å². The van der Waals surface area contributed by atoms with E-state index in [0.717, 1.165) is 6.07 Å². The SMILES string of the molecule is O=C(O)c1ccc(F)cc1CNCCO. The summed E-state index contributed by atoms with van der Waals surface area (Å²) in [5.74, 6) is -1.56. The fraction of sp³-hybridized carbons (Fsp3) is 0.300. The molecule has 0 radical (unpaired) electrons. The van der Waals surface area contributed by atoms with Crippen LogP contribution in [0.15, 0.2) is 18.2 Å². The van der Waals surface area contributed by atoms with Gasteiger partial charge >= 0.3 is 5.97 Å². The molecule has 1 aromatic rings. The maximum absolute atomic E-state index is 12.8. The minimum Gasteiger partial charge on any atom is -0.478 e. The van der Waals surface area contributed by atoms with Crippen molar-refractivity contribution in [2.24, 2.45) is 0 Å². The van der Waals surface area contributed by atoms with E-state index in [1.54, 1.807) is 0 Å². The number of aliphatic hydroxyl groups is 1. The topological polar surface area (TPSA) is 69.6 Å². The molecule has 4 nitrogen and oxygen atoms in total. The summed E-state index contributed by atoms with van der Waals surface area (Å²) in [4.78, 5) is 10.8. The molecule has 0 fully saturated rings. The van der Waals surface area contributed by atoms with E-state index in [-0.39, 0.29) is 18.7 Å². The second kappa shape index (κ2) is 5.43. The Balaban J connectivity index is 2.82. The van der Waals surface area contributed by atoms with Crippen LogP contribution in [0.2, 0.25) is 0 Å². The molecule has 1 rings (SSSR count). The van der Waals surface area contributed by atoms with Gasteiger partial charge in [0, 0.05) is 13.1 Å². The maximum atomic E-state index is 12.8. The molecular formula is C10H12FNO3. The number of hydrogen-bond acceptors (Lipinski definition) is 3. The van der Waals surface area contributed by atoms with Crippen LogP contribution in [0.5, 0.6) is 0 Å². The zero-order valence-electron chi connectivity index (χ0n) is 8.03. The molecule has 1 aromatic carbocycles. The molecule has 0 aromatic heterocycles. The Labute approximate surface area is 86.4 Å². The lowest BCUT2D eigenvalue weighted by atomic mass is 10.1. The predicted molar refractivity (Wildman–Crippen MR) is 52.2 cm³/mol. The number of carboxylic acid groups (broad SMARTS) is 1. The first-order valence-corrected chi connectivity index (χ1v) is 4.48. The van der Waals surface area contributed by atoms with Gasteiger partial charge in [0.2, 0.25) is 0 Å². The third-order valence-corrected chi connectivity index (χ3v) is 1.90. The Morgan fingerprint density at radius 3 is 2.80 bits per heavy atom. The summed E-state index contributed by atoms with van der Waals surface area (Å²) in [6.07, 6.45) is 0. The summed E-state index contributed by atoms with van der Waals surface area (Å²) in [6, 6.07) is 3.51. The lowest BCUT2D eigenvalue weighted by Gasteiger charge is -2.06. The van der Waals surface area contributed by atoms with Gasteiger partial charge in [0.05, 0.1) is 12.2 Å². The second-order valence-electron chi connectivity index (χ2n) is 3.01. The number of aliphatic hydroxyl groups excluding tert-OH is 1. The number of rotatable bonds is 5. The fourth-order valence-electron chi connectivity index (χ4n) is 1.22. The van der Waals surface area contributed by atoms with E-state index < -0.39 is 11.8 Å². The van der Waals surface area contributed by atoms with E-state index in [0.29, 0.717) is 12.1 Å². The van der Waals surface area contributed by atoms with E-state index in [1.165, 1.54) is 12.1 Å². The van der Waals surface area contributed by atoms with Crippen LogP contribution in [0.4, 0.5) is 4.39 Å². The van der Waals surface area contributed by atoms with Gasteiger partial charge in [-0.3, -0.25) is 0 Å². The van der Waals surface area contributed by atoms with Gasteiger partial charge in [-0.25, -0.2) is 9.18 Å². The smallest absolute Gasteiger partial charge is 0.336 e. The van der Waals surface area contributed by atoms with Crippen LogP contribution in [0.25, 0.3) is 0 Å².